The van der Waals surface area contributed by atoms with Crippen molar-refractivity contribution in [3.05, 3.63) is 0 Å². The van der Waals surface area contributed by atoms with E-state index in [9.17, 15) is 4.79 Å². The average molecular weight is 254 g/mol. The summed E-state index contributed by atoms with van der Waals surface area (Å²) in [6.07, 6.45) is 5.20. The second-order valence-corrected chi connectivity index (χ2v) is 5.88. The van der Waals surface area contributed by atoms with Crippen LogP contribution in [-0.2, 0) is 9.53 Å². The fraction of sp³-hybridized carbons (Fsp3) is 0.929. The minimum atomic E-state index is 0.0314. The van der Waals surface area contributed by atoms with Gasteiger partial charge in [-0.25, -0.2) is 0 Å². The van der Waals surface area contributed by atoms with Crippen LogP contribution in [0.1, 0.15) is 32.6 Å². The van der Waals surface area contributed by atoms with Crippen molar-refractivity contribution in [2.45, 2.75) is 32.6 Å². The molecule has 1 aliphatic carbocycles. The number of ether oxygens (including phenoxy) is 1. The van der Waals surface area contributed by atoms with E-state index in [0.717, 1.165) is 25.6 Å². The van der Waals surface area contributed by atoms with Crippen molar-refractivity contribution < 1.29 is 9.53 Å². The number of hydrogen-bond donors (Lipinski definition) is 1. The van der Waals surface area contributed by atoms with Gasteiger partial charge in [-0.05, 0) is 50.6 Å². The molecule has 1 amide bonds. The van der Waals surface area contributed by atoms with Gasteiger partial charge in [0.15, 0.2) is 0 Å². The Bertz CT molecular complexity index is 261. The van der Waals surface area contributed by atoms with Crippen molar-refractivity contribution in [3.8, 4) is 0 Å². The first-order chi connectivity index (χ1) is 8.74. The van der Waals surface area contributed by atoms with Crippen LogP contribution in [-0.4, -0.2) is 50.2 Å². The standard InChI is InChI=1S/C14H26N2O2/c1-12(9-16-6-2-3-7-16)8-15-14(17)11-18-10-13-4-5-13/h12-13H,2-11H2,1H3,(H,15,17). The van der Waals surface area contributed by atoms with Gasteiger partial charge in [-0.3, -0.25) is 4.79 Å². The molecule has 1 heterocycles. The summed E-state index contributed by atoms with van der Waals surface area (Å²) in [6, 6.07) is 0. The first-order valence-electron chi connectivity index (χ1n) is 7.31. The third kappa shape index (κ3) is 5.36. The van der Waals surface area contributed by atoms with Gasteiger partial charge in [0.2, 0.25) is 5.91 Å². The van der Waals surface area contributed by atoms with Crippen molar-refractivity contribution in [2.24, 2.45) is 11.8 Å². The van der Waals surface area contributed by atoms with Crippen LogP contribution < -0.4 is 5.32 Å². The normalized spacial score (nSPS) is 22.1. The van der Waals surface area contributed by atoms with Crippen LogP contribution in [0.15, 0.2) is 0 Å². The molecule has 0 bridgehead atoms. The Kier molecular flexibility index (Phi) is 5.45. The Morgan fingerprint density at radius 2 is 2.11 bits per heavy atom. The summed E-state index contributed by atoms with van der Waals surface area (Å²) >= 11 is 0. The lowest BCUT2D eigenvalue weighted by atomic mass is 10.1. The molecule has 2 fully saturated rings. The lowest BCUT2D eigenvalue weighted by Gasteiger charge is -2.20. The molecule has 1 saturated carbocycles. The first-order valence-corrected chi connectivity index (χ1v) is 7.31. The van der Waals surface area contributed by atoms with Crippen molar-refractivity contribution in [1.29, 1.82) is 0 Å². The SMILES string of the molecule is CC(CNC(=O)COCC1CC1)CN1CCCC1. The van der Waals surface area contributed by atoms with E-state index in [1.54, 1.807) is 0 Å². The number of carbonyl (C=O) groups excluding carboxylic acids is 1. The molecule has 1 N–H and O–H groups in total. The first kappa shape index (κ1) is 13.8. The Hall–Kier alpha value is -0.610. The highest BCUT2D eigenvalue weighted by Gasteiger charge is 2.21. The molecule has 104 valence electrons. The van der Waals surface area contributed by atoms with Gasteiger partial charge in [0.05, 0.1) is 6.61 Å². The predicted octanol–water partition coefficient (Wildman–Crippen LogP) is 1.26. The Balaban J connectivity index is 1.48. The lowest BCUT2D eigenvalue weighted by Crippen LogP contribution is -2.36. The molecule has 0 aromatic carbocycles. The fourth-order valence-corrected chi connectivity index (χ4v) is 2.41. The molecular weight excluding hydrogens is 228 g/mol. The Labute approximate surface area is 110 Å². The zero-order chi connectivity index (χ0) is 12.8. The maximum Gasteiger partial charge on any atom is 0.246 e. The van der Waals surface area contributed by atoms with Gasteiger partial charge < -0.3 is 15.0 Å². The van der Waals surface area contributed by atoms with E-state index in [1.807, 2.05) is 0 Å². The van der Waals surface area contributed by atoms with Crippen LogP contribution in [0, 0.1) is 11.8 Å². The predicted molar refractivity (Wildman–Crippen MR) is 71.4 cm³/mol. The van der Waals surface area contributed by atoms with Gasteiger partial charge in [-0.15, -0.1) is 0 Å². The van der Waals surface area contributed by atoms with Crippen molar-refractivity contribution in [3.63, 3.8) is 0 Å². The van der Waals surface area contributed by atoms with Crippen molar-refractivity contribution in [2.75, 3.05) is 39.4 Å². The monoisotopic (exact) mass is 254 g/mol. The van der Waals surface area contributed by atoms with Gasteiger partial charge in [-0.1, -0.05) is 6.92 Å². The topological polar surface area (TPSA) is 41.6 Å². The number of nitrogens with zero attached hydrogens (tertiary/aromatic N) is 1. The van der Waals surface area contributed by atoms with E-state index in [4.69, 9.17) is 4.74 Å². The van der Waals surface area contributed by atoms with E-state index in [0.29, 0.717) is 5.92 Å². The van der Waals surface area contributed by atoms with Gasteiger partial charge in [0.1, 0.15) is 6.61 Å². The highest BCUT2D eigenvalue weighted by atomic mass is 16.5. The smallest absolute Gasteiger partial charge is 0.246 e. The van der Waals surface area contributed by atoms with E-state index < -0.39 is 0 Å². The van der Waals surface area contributed by atoms with Crippen LogP contribution in [0.25, 0.3) is 0 Å². The largest absolute Gasteiger partial charge is 0.371 e. The maximum absolute atomic E-state index is 11.5. The van der Waals surface area contributed by atoms with Crippen LogP contribution in [0.5, 0.6) is 0 Å². The van der Waals surface area contributed by atoms with Crippen LogP contribution in [0.2, 0.25) is 0 Å². The molecule has 1 aliphatic heterocycles. The van der Waals surface area contributed by atoms with Crippen LogP contribution in [0.3, 0.4) is 0 Å². The molecule has 2 aliphatic rings. The number of amides is 1. The summed E-state index contributed by atoms with van der Waals surface area (Å²) in [5.74, 6) is 1.28. The zero-order valence-corrected chi connectivity index (χ0v) is 11.5. The van der Waals surface area contributed by atoms with E-state index >= 15 is 0 Å². The summed E-state index contributed by atoms with van der Waals surface area (Å²) < 4.78 is 5.36. The molecule has 2 rings (SSSR count). The number of hydrogen-bond acceptors (Lipinski definition) is 3. The summed E-state index contributed by atoms with van der Waals surface area (Å²) in [4.78, 5) is 14.0. The van der Waals surface area contributed by atoms with Crippen molar-refractivity contribution >= 4 is 5.91 Å². The molecule has 4 heteroatoms. The lowest BCUT2D eigenvalue weighted by molar-refractivity contribution is -0.126. The summed E-state index contributed by atoms with van der Waals surface area (Å²) in [6.45, 7) is 7.50. The number of rotatable bonds is 8. The van der Waals surface area contributed by atoms with Crippen molar-refractivity contribution in [1.82, 2.24) is 10.2 Å². The molecule has 18 heavy (non-hydrogen) atoms. The third-order valence-electron chi connectivity index (χ3n) is 3.70. The number of nitrogens with one attached hydrogen (secondary N) is 1. The minimum absolute atomic E-state index is 0.0314. The summed E-state index contributed by atoms with van der Waals surface area (Å²) in [5, 5.41) is 2.96. The molecule has 0 aromatic rings. The van der Waals surface area contributed by atoms with Crippen LogP contribution >= 0.6 is 0 Å². The second-order valence-electron chi connectivity index (χ2n) is 5.88. The minimum Gasteiger partial charge on any atom is -0.371 e. The number of carbonyl (C=O) groups is 1. The van der Waals surface area contributed by atoms with Crippen LogP contribution in [0.4, 0.5) is 0 Å². The van der Waals surface area contributed by atoms with E-state index in [1.165, 1.54) is 38.8 Å². The quantitative estimate of drug-likeness (QED) is 0.709. The Morgan fingerprint density at radius 3 is 2.78 bits per heavy atom. The van der Waals surface area contributed by atoms with Gasteiger partial charge in [0, 0.05) is 13.1 Å². The molecule has 1 atom stereocenters. The van der Waals surface area contributed by atoms with E-state index in [2.05, 4.69) is 17.1 Å². The fourth-order valence-electron chi connectivity index (χ4n) is 2.41. The zero-order valence-electron chi connectivity index (χ0n) is 11.5. The second kappa shape index (κ2) is 7.10. The molecule has 4 nitrogen and oxygen atoms in total. The maximum atomic E-state index is 11.5. The number of likely N-dealkylation sites (tertiary alicyclic amines) is 1. The van der Waals surface area contributed by atoms with Gasteiger partial charge in [-0.2, -0.15) is 0 Å². The average Bonchev–Trinajstić information content (AvgIpc) is 3.03. The summed E-state index contributed by atoms with van der Waals surface area (Å²) in [7, 11) is 0. The molecule has 0 spiro atoms. The van der Waals surface area contributed by atoms with Gasteiger partial charge in [0.25, 0.3) is 0 Å². The highest BCUT2D eigenvalue weighted by Crippen LogP contribution is 2.28. The Morgan fingerprint density at radius 1 is 1.39 bits per heavy atom. The molecular formula is C14H26N2O2. The molecule has 1 unspecified atom stereocenters. The third-order valence-corrected chi connectivity index (χ3v) is 3.70. The molecule has 1 saturated heterocycles. The van der Waals surface area contributed by atoms with E-state index in [-0.39, 0.29) is 12.5 Å². The van der Waals surface area contributed by atoms with Gasteiger partial charge >= 0.3 is 0 Å². The summed E-state index contributed by atoms with van der Waals surface area (Å²) in [5.41, 5.74) is 0. The highest BCUT2D eigenvalue weighted by molar-refractivity contribution is 5.77. The molecule has 0 radical (unpaired) electrons. The molecule has 0 aromatic heterocycles.